The zero-order chi connectivity index (χ0) is 9.90. The van der Waals surface area contributed by atoms with Gasteiger partial charge < -0.3 is 5.32 Å². The molecule has 13 heavy (non-hydrogen) atoms. The van der Waals surface area contributed by atoms with Crippen molar-refractivity contribution < 1.29 is 18.4 Å². The van der Waals surface area contributed by atoms with Crippen LogP contribution < -0.4 is 10.8 Å². The monoisotopic (exact) mass is 208 g/mol. The van der Waals surface area contributed by atoms with Gasteiger partial charge in [-0.25, -0.2) is 18.7 Å². The number of urea groups is 1. The Bertz CT molecular complexity index is 287. The van der Waals surface area contributed by atoms with Crippen LogP contribution in [0.4, 0.5) is 4.79 Å². The molecule has 0 spiro atoms. The van der Waals surface area contributed by atoms with Gasteiger partial charge in [-0.15, -0.1) is 0 Å². The smallest absolute Gasteiger partial charge is 0.336 e. The zero-order valence-corrected chi connectivity index (χ0v) is 7.80. The summed E-state index contributed by atoms with van der Waals surface area (Å²) in [5.74, 6) is 0.293. The number of nitrogens with one attached hydrogen (secondary N) is 2. The summed E-state index contributed by atoms with van der Waals surface area (Å²) in [6.07, 6.45) is 0.577. The van der Waals surface area contributed by atoms with Crippen LogP contribution in [0.15, 0.2) is 0 Å². The summed E-state index contributed by atoms with van der Waals surface area (Å²) in [4.78, 5) is 10.5. The SMILES string of the molecule is O=C(NO)NCC1CCS(=O)(=O)C1. The van der Waals surface area contributed by atoms with Gasteiger partial charge in [0, 0.05) is 6.54 Å². The first kappa shape index (κ1) is 10.3. The second kappa shape index (κ2) is 3.93. The first-order valence-electron chi connectivity index (χ1n) is 3.92. The Morgan fingerprint density at radius 2 is 2.23 bits per heavy atom. The third kappa shape index (κ3) is 3.19. The summed E-state index contributed by atoms with van der Waals surface area (Å²) in [5.41, 5.74) is 1.41. The van der Waals surface area contributed by atoms with Gasteiger partial charge in [0.1, 0.15) is 0 Å². The minimum absolute atomic E-state index is 0.0256. The Kier molecular flexibility index (Phi) is 3.10. The van der Waals surface area contributed by atoms with Crippen molar-refractivity contribution in [3.63, 3.8) is 0 Å². The van der Waals surface area contributed by atoms with E-state index in [-0.39, 0.29) is 24.0 Å². The van der Waals surface area contributed by atoms with Crippen LogP contribution in [0.3, 0.4) is 0 Å². The summed E-state index contributed by atoms with van der Waals surface area (Å²) in [7, 11) is -2.88. The molecule has 0 aromatic heterocycles. The molecule has 1 unspecified atom stereocenters. The second-order valence-corrected chi connectivity index (χ2v) is 5.32. The summed E-state index contributed by atoms with van der Waals surface area (Å²) < 4.78 is 22.0. The molecule has 1 heterocycles. The molecule has 1 rings (SSSR count). The Morgan fingerprint density at radius 1 is 1.54 bits per heavy atom. The van der Waals surface area contributed by atoms with Gasteiger partial charge in [-0.3, -0.25) is 5.21 Å². The van der Waals surface area contributed by atoms with Crippen LogP contribution in [-0.4, -0.2) is 37.7 Å². The van der Waals surface area contributed by atoms with E-state index in [0.717, 1.165) is 0 Å². The second-order valence-electron chi connectivity index (χ2n) is 3.09. The lowest BCUT2D eigenvalue weighted by Gasteiger charge is -2.07. The van der Waals surface area contributed by atoms with Gasteiger partial charge >= 0.3 is 6.03 Å². The van der Waals surface area contributed by atoms with E-state index < -0.39 is 15.9 Å². The fourth-order valence-electron chi connectivity index (χ4n) is 1.31. The van der Waals surface area contributed by atoms with E-state index in [1.807, 2.05) is 0 Å². The fraction of sp³-hybridized carbons (Fsp3) is 0.833. The Hall–Kier alpha value is -0.820. The number of hydroxylamine groups is 1. The van der Waals surface area contributed by atoms with Crippen LogP contribution in [0.1, 0.15) is 6.42 Å². The number of amides is 2. The molecule has 76 valence electrons. The quantitative estimate of drug-likeness (QED) is 0.405. The molecule has 1 saturated heterocycles. The van der Waals surface area contributed by atoms with Crippen molar-refractivity contribution in [3.05, 3.63) is 0 Å². The zero-order valence-electron chi connectivity index (χ0n) is 6.99. The van der Waals surface area contributed by atoms with Crippen molar-refractivity contribution in [1.82, 2.24) is 10.8 Å². The third-order valence-corrected chi connectivity index (χ3v) is 3.82. The molecule has 2 amide bonds. The van der Waals surface area contributed by atoms with Crippen molar-refractivity contribution in [3.8, 4) is 0 Å². The average Bonchev–Trinajstić information content (AvgIpc) is 2.41. The summed E-state index contributed by atoms with van der Waals surface area (Å²) in [6, 6.07) is -0.704. The molecule has 1 aliphatic heterocycles. The number of sulfone groups is 1. The van der Waals surface area contributed by atoms with E-state index in [0.29, 0.717) is 6.42 Å². The summed E-state index contributed by atoms with van der Waals surface area (Å²) >= 11 is 0. The van der Waals surface area contributed by atoms with E-state index in [4.69, 9.17) is 5.21 Å². The van der Waals surface area contributed by atoms with E-state index in [1.54, 1.807) is 0 Å². The van der Waals surface area contributed by atoms with Crippen molar-refractivity contribution in [2.24, 2.45) is 5.92 Å². The molecule has 0 aromatic rings. The molecule has 6 nitrogen and oxygen atoms in total. The highest BCUT2D eigenvalue weighted by Gasteiger charge is 2.27. The van der Waals surface area contributed by atoms with Gasteiger partial charge in [-0.2, -0.15) is 0 Å². The standard InChI is InChI=1S/C6H12N2O4S/c9-6(8-10)7-3-5-1-2-13(11,12)4-5/h5,10H,1-4H2,(H2,7,8,9). The van der Waals surface area contributed by atoms with Crippen LogP contribution in [0.5, 0.6) is 0 Å². The van der Waals surface area contributed by atoms with Gasteiger partial charge in [0.25, 0.3) is 0 Å². The molecular weight excluding hydrogens is 196 g/mol. The van der Waals surface area contributed by atoms with Crippen LogP contribution in [0, 0.1) is 5.92 Å². The molecule has 3 N–H and O–H groups in total. The molecule has 0 saturated carbocycles. The highest BCUT2D eigenvalue weighted by molar-refractivity contribution is 7.91. The number of hydrogen-bond acceptors (Lipinski definition) is 4. The number of rotatable bonds is 2. The summed E-state index contributed by atoms with van der Waals surface area (Å²) in [5, 5.41) is 10.5. The molecule has 1 aliphatic rings. The van der Waals surface area contributed by atoms with E-state index >= 15 is 0 Å². The maximum absolute atomic E-state index is 11.0. The minimum atomic E-state index is -2.88. The van der Waals surface area contributed by atoms with Crippen molar-refractivity contribution in [1.29, 1.82) is 0 Å². The largest absolute Gasteiger partial charge is 0.338 e. The van der Waals surface area contributed by atoms with Crippen molar-refractivity contribution in [2.45, 2.75) is 6.42 Å². The third-order valence-electron chi connectivity index (χ3n) is 1.98. The maximum atomic E-state index is 11.0. The molecule has 0 aromatic carbocycles. The topological polar surface area (TPSA) is 95.5 Å². The summed E-state index contributed by atoms with van der Waals surface area (Å²) in [6.45, 7) is 0.283. The van der Waals surface area contributed by atoms with Crippen LogP contribution in [-0.2, 0) is 9.84 Å². The maximum Gasteiger partial charge on any atom is 0.338 e. The first-order chi connectivity index (χ1) is 6.03. The lowest BCUT2D eigenvalue weighted by atomic mass is 10.1. The highest BCUT2D eigenvalue weighted by Crippen LogP contribution is 2.16. The minimum Gasteiger partial charge on any atom is -0.336 e. The molecule has 0 aliphatic carbocycles. The number of carbonyl (C=O) groups excluding carboxylic acids is 1. The number of carbonyl (C=O) groups is 1. The van der Waals surface area contributed by atoms with Gasteiger partial charge in [0.15, 0.2) is 9.84 Å². The van der Waals surface area contributed by atoms with Crippen LogP contribution in [0.25, 0.3) is 0 Å². The predicted octanol–water partition coefficient (Wildman–Crippen LogP) is -0.891. The molecule has 1 fully saturated rings. The van der Waals surface area contributed by atoms with Crippen molar-refractivity contribution >= 4 is 15.9 Å². The molecule has 1 atom stereocenters. The Labute approximate surface area is 76.2 Å². The van der Waals surface area contributed by atoms with Gasteiger partial charge in [0.2, 0.25) is 0 Å². The fourth-order valence-corrected chi connectivity index (χ4v) is 3.17. The average molecular weight is 208 g/mol. The highest BCUT2D eigenvalue weighted by atomic mass is 32.2. The van der Waals surface area contributed by atoms with Gasteiger partial charge in [-0.1, -0.05) is 0 Å². The van der Waals surface area contributed by atoms with Crippen molar-refractivity contribution in [2.75, 3.05) is 18.1 Å². The Morgan fingerprint density at radius 3 is 2.69 bits per heavy atom. The van der Waals surface area contributed by atoms with Gasteiger partial charge in [-0.05, 0) is 12.3 Å². The normalized spacial score (nSPS) is 25.5. The lowest BCUT2D eigenvalue weighted by Crippen LogP contribution is -2.36. The molecule has 0 radical (unpaired) electrons. The molecule has 7 heteroatoms. The van der Waals surface area contributed by atoms with E-state index in [9.17, 15) is 13.2 Å². The van der Waals surface area contributed by atoms with E-state index in [1.165, 1.54) is 5.48 Å². The lowest BCUT2D eigenvalue weighted by molar-refractivity contribution is 0.161. The Balaban J connectivity index is 2.29. The molecule has 0 bridgehead atoms. The predicted molar refractivity (Wildman–Crippen MR) is 45.1 cm³/mol. The van der Waals surface area contributed by atoms with Gasteiger partial charge in [0.05, 0.1) is 11.5 Å². The number of hydrogen-bond donors (Lipinski definition) is 3. The molecular formula is C6H12N2O4S. The first-order valence-corrected chi connectivity index (χ1v) is 5.74. The van der Waals surface area contributed by atoms with Crippen LogP contribution >= 0.6 is 0 Å². The van der Waals surface area contributed by atoms with E-state index in [2.05, 4.69) is 5.32 Å². The van der Waals surface area contributed by atoms with Crippen LogP contribution in [0.2, 0.25) is 0 Å².